The van der Waals surface area contributed by atoms with E-state index in [4.69, 9.17) is 5.71 Å². The molecule has 0 saturated carbocycles. The fourth-order valence-corrected chi connectivity index (χ4v) is 29.7. The molecule has 0 amide bonds. The molecular weight excluding hydrogens is 391 g/mol. The van der Waals surface area contributed by atoms with Crippen molar-refractivity contribution in [1.82, 2.24) is 0 Å². The third-order valence-electron chi connectivity index (χ3n) is 5.24. The zero-order valence-electron chi connectivity index (χ0n) is 13.7. The van der Waals surface area contributed by atoms with E-state index in [1.165, 1.54) is 3.33 Å². The molecule has 3 heteroatoms. The summed E-state index contributed by atoms with van der Waals surface area (Å²) < 4.78 is 28.3. The van der Waals surface area contributed by atoms with Crippen LogP contribution in [0.2, 0.25) is 28.1 Å². The van der Waals surface area contributed by atoms with Gasteiger partial charge in [0.05, 0.1) is 0 Å². The second-order valence-electron chi connectivity index (χ2n) is 13.9. The molecule has 1 aliphatic rings. The molecule has 109 valence electrons. The molecule has 0 heterocycles. The van der Waals surface area contributed by atoms with Gasteiger partial charge in [0, 0.05) is 0 Å². The Hall–Kier alpha value is 0.270. The Kier molecular flexibility index (Phi) is 1.86. The van der Waals surface area contributed by atoms with Gasteiger partial charge in [0.1, 0.15) is 0 Å². The van der Waals surface area contributed by atoms with Gasteiger partial charge in [0.15, 0.2) is 0 Å². The van der Waals surface area contributed by atoms with E-state index < -0.39 is 13.5 Å². The Morgan fingerprint density at radius 1 is 0.944 bits per heavy atom. The van der Waals surface area contributed by atoms with Crippen LogP contribution in [0.15, 0.2) is 21.6 Å². The van der Waals surface area contributed by atoms with Crippen molar-refractivity contribution in [2.24, 2.45) is 0 Å². The topological polar surface area (TPSA) is 18.5 Å². The Labute approximate surface area is 102 Å². The fraction of sp³-hybridized carbons (Fsp3) is 0.733. The molecule has 1 aliphatic carbocycles. The molecule has 0 aromatic carbocycles. The maximum atomic E-state index is 6.73. The van der Waals surface area contributed by atoms with Gasteiger partial charge >= 0.3 is 102 Å². The Bertz CT molecular complexity index is 503. The molecule has 0 saturated heterocycles. The molecule has 18 heavy (non-hydrogen) atoms. The maximum absolute atomic E-state index is 6.73. The molecular formula is C15H33HfO2. The predicted octanol–water partition coefficient (Wildman–Crippen LogP) is 5.85. The summed E-state index contributed by atoms with van der Waals surface area (Å²) in [6, 6.07) is 0. The standard InChI is InChI=1S/C5H5.2C2H5O.6CH3.Hf/c1-2-4-5-3-1;2*1-2-3;;;;;;;/h1-3H,4H2;2*2H2,1H3;6*1H3;/q;2*-1;;;;;;;+2. The van der Waals surface area contributed by atoms with Gasteiger partial charge in [-0.15, -0.1) is 0 Å². The molecule has 0 atom stereocenters. The van der Waals surface area contributed by atoms with Gasteiger partial charge in [-0.1, -0.05) is 0 Å². The van der Waals surface area contributed by atoms with E-state index in [0.717, 1.165) is 6.42 Å². The predicted molar refractivity (Wildman–Crippen MR) is 80.3 cm³/mol. The molecule has 1 rings (SSSR count). The SMILES string of the molecule is CC[O][Hf]([CH3])([CH3])([CH3])([CH3])([CH3])([CH3])([O]CC)[C]1=CC=CC1. The van der Waals surface area contributed by atoms with Crippen molar-refractivity contribution < 1.29 is 19.2 Å². The van der Waals surface area contributed by atoms with Crippen molar-refractivity contribution >= 4 is 0 Å². The Morgan fingerprint density at radius 3 is 1.67 bits per heavy atom. The van der Waals surface area contributed by atoms with Crippen LogP contribution in [0.5, 0.6) is 0 Å². The van der Waals surface area contributed by atoms with Crippen LogP contribution in [-0.4, -0.2) is 13.2 Å². The van der Waals surface area contributed by atoms with Crippen molar-refractivity contribution in [2.75, 3.05) is 13.2 Å². The second-order valence-corrected chi connectivity index (χ2v) is 103. The summed E-state index contributed by atoms with van der Waals surface area (Å²) in [6.07, 6.45) is 7.40. The van der Waals surface area contributed by atoms with Gasteiger partial charge in [0.25, 0.3) is 0 Å². The third kappa shape index (κ3) is 2.23. The van der Waals surface area contributed by atoms with E-state index in [9.17, 15) is 0 Å². The summed E-state index contributed by atoms with van der Waals surface area (Å²) in [6.45, 7) is 5.39. The first kappa shape index (κ1) is 16.3. The zero-order valence-corrected chi connectivity index (χ0v) is 17.3. The van der Waals surface area contributed by atoms with Crippen LogP contribution in [0.1, 0.15) is 20.3 Å². The number of allylic oxidation sites excluding steroid dienone is 4. The van der Waals surface area contributed by atoms with Crippen LogP contribution in [0.4, 0.5) is 0 Å². The summed E-state index contributed by atoms with van der Waals surface area (Å²) in [5, 5.41) is 0. The molecule has 0 N–H and O–H groups in total. The molecule has 0 unspecified atom stereocenters. The van der Waals surface area contributed by atoms with Gasteiger partial charge in [0.2, 0.25) is 0 Å². The summed E-state index contributed by atoms with van der Waals surface area (Å²) >= 11 is -5.76. The van der Waals surface area contributed by atoms with Gasteiger partial charge in [-0.2, -0.15) is 0 Å². The van der Waals surface area contributed by atoms with Crippen LogP contribution in [-0.2, 0) is 19.2 Å². The second kappa shape index (κ2) is 2.05. The van der Waals surface area contributed by atoms with Crippen LogP contribution < -0.4 is 0 Å². The molecule has 2 nitrogen and oxygen atoms in total. The number of hydrogen-bond donors (Lipinski definition) is 0. The third-order valence-corrected chi connectivity index (χ3v) is 38.7. The van der Waals surface area contributed by atoms with Crippen LogP contribution in [0.25, 0.3) is 0 Å². The van der Waals surface area contributed by atoms with Crippen LogP contribution in [0, 0.1) is 0 Å². The molecule has 0 aromatic rings. The van der Waals surface area contributed by atoms with Gasteiger partial charge in [-0.3, -0.25) is 0 Å². The minimum absolute atomic E-state index is 0.639. The van der Waals surface area contributed by atoms with Gasteiger partial charge < -0.3 is 0 Å². The summed E-state index contributed by atoms with van der Waals surface area (Å²) in [7, 11) is 0. The van der Waals surface area contributed by atoms with Crippen molar-refractivity contribution in [2.45, 2.75) is 48.4 Å². The minimum atomic E-state index is -5.76. The van der Waals surface area contributed by atoms with Crippen LogP contribution >= 0.6 is 0 Å². The monoisotopic (exact) mass is 425 g/mol. The summed E-state index contributed by atoms with van der Waals surface area (Å²) in [5.74, 6) is 0. The molecule has 0 fully saturated rings. The van der Waals surface area contributed by atoms with Crippen molar-refractivity contribution in [1.29, 1.82) is 0 Å². The average molecular weight is 424 g/mol. The first-order chi connectivity index (χ1) is 7.39. The van der Waals surface area contributed by atoms with E-state index in [1.807, 2.05) is 0 Å². The molecule has 0 radical (unpaired) electrons. The van der Waals surface area contributed by atoms with E-state index in [0.29, 0.717) is 13.2 Å². The number of rotatable bonds is 5. The van der Waals surface area contributed by atoms with Gasteiger partial charge in [-0.25, -0.2) is 0 Å². The molecule has 0 aliphatic heterocycles. The van der Waals surface area contributed by atoms with Crippen molar-refractivity contribution in [3.63, 3.8) is 0 Å². The molecule has 0 bridgehead atoms. The zero-order chi connectivity index (χ0) is 14.6. The van der Waals surface area contributed by atoms with E-state index >= 15 is 0 Å². The Balaban J connectivity index is 3.99. The number of hydrogen-bond acceptors (Lipinski definition) is 2. The van der Waals surface area contributed by atoms with E-state index in [2.05, 4.69) is 60.2 Å². The fourth-order valence-electron chi connectivity index (χ4n) is 3.93. The first-order valence-corrected chi connectivity index (χ1v) is 33.7. The quantitative estimate of drug-likeness (QED) is 0.516. The van der Waals surface area contributed by atoms with Gasteiger partial charge in [-0.05, 0) is 0 Å². The summed E-state index contributed by atoms with van der Waals surface area (Å²) in [4.78, 5) is 0. The molecule has 0 spiro atoms. The van der Waals surface area contributed by atoms with Crippen molar-refractivity contribution in [3.8, 4) is 0 Å². The van der Waals surface area contributed by atoms with E-state index in [-0.39, 0.29) is 0 Å². The summed E-state index contributed by atoms with van der Waals surface area (Å²) in [5.41, 5.74) is 0. The van der Waals surface area contributed by atoms with E-state index in [1.54, 1.807) is 0 Å². The van der Waals surface area contributed by atoms with Crippen LogP contribution in [0.3, 0.4) is 0 Å². The average Bonchev–Trinajstić information content (AvgIpc) is 2.52. The molecule has 0 aromatic heterocycles. The normalized spacial score (nSPS) is 28.0. The van der Waals surface area contributed by atoms with Crippen molar-refractivity contribution in [3.05, 3.63) is 21.6 Å². The Morgan fingerprint density at radius 2 is 1.39 bits per heavy atom. The first-order valence-electron chi connectivity index (χ1n) is 7.37.